The molecule has 6 heteroatoms. The number of aliphatic carboxylic acids is 1. The molecule has 112 valence electrons. The number of carbonyl (C=O) groups excluding carboxylic acids is 1. The van der Waals surface area contributed by atoms with Gasteiger partial charge in [-0.3, -0.25) is 4.79 Å². The lowest BCUT2D eigenvalue weighted by Gasteiger charge is -2.10. The predicted molar refractivity (Wildman–Crippen MR) is 74.3 cm³/mol. The zero-order valence-electron chi connectivity index (χ0n) is 11.3. The molecule has 0 aliphatic carbocycles. The van der Waals surface area contributed by atoms with Crippen LogP contribution in [0.5, 0.6) is 0 Å². The highest BCUT2D eigenvalue weighted by Gasteiger charge is 2.18. The van der Waals surface area contributed by atoms with Crippen LogP contribution in [0.2, 0.25) is 0 Å². The quantitative estimate of drug-likeness (QED) is 0.810. The largest absolute Gasteiger partial charge is 0.478 e. The van der Waals surface area contributed by atoms with E-state index in [9.17, 15) is 14.0 Å². The molecule has 1 aliphatic rings. The first kappa shape index (κ1) is 15.2. The summed E-state index contributed by atoms with van der Waals surface area (Å²) < 4.78 is 18.9. The van der Waals surface area contributed by atoms with Gasteiger partial charge in [-0.1, -0.05) is 6.07 Å². The minimum Gasteiger partial charge on any atom is -0.478 e. The molecular formula is C15H16FNO4. The van der Waals surface area contributed by atoms with Crippen molar-refractivity contribution >= 4 is 18.0 Å². The van der Waals surface area contributed by atoms with Crippen LogP contribution in [0.15, 0.2) is 24.3 Å². The van der Waals surface area contributed by atoms with E-state index in [2.05, 4.69) is 5.32 Å². The molecule has 2 rings (SSSR count). The zero-order valence-corrected chi connectivity index (χ0v) is 11.3. The van der Waals surface area contributed by atoms with Crippen molar-refractivity contribution in [2.24, 2.45) is 5.92 Å². The second kappa shape index (κ2) is 6.99. The van der Waals surface area contributed by atoms with Gasteiger partial charge >= 0.3 is 5.97 Å². The molecular weight excluding hydrogens is 277 g/mol. The van der Waals surface area contributed by atoms with Gasteiger partial charge in [0.1, 0.15) is 5.82 Å². The van der Waals surface area contributed by atoms with Gasteiger partial charge in [0, 0.05) is 25.1 Å². The first-order chi connectivity index (χ1) is 10.1. The van der Waals surface area contributed by atoms with Gasteiger partial charge in [-0.2, -0.15) is 0 Å². The van der Waals surface area contributed by atoms with E-state index in [1.54, 1.807) is 0 Å². The lowest BCUT2D eigenvalue weighted by atomic mass is 10.1. The Bertz CT molecular complexity index is 565. The van der Waals surface area contributed by atoms with E-state index in [1.807, 2.05) is 0 Å². The molecule has 0 radical (unpaired) electrons. The van der Waals surface area contributed by atoms with Gasteiger partial charge in [0.25, 0.3) is 5.91 Å². The Morgan fingerprint density at radius 3 is 2.95 bits per heavy atom. The topological polar surface area (TPSA) is 75.6 Å². The standard InChI is InChI=1S/C15H16FNO4/c16-13-3-1-10(2-4-14(18)19)7-12(13)15(20)17-8-11-5-6-21-9-11/h1-4,7,11H,5-6,8-9H2,(H,17,20)(H,18,19). The average molecular weight is 293 g/mol. The summed E-state index contributed by atoms with van der Waals surface area (Å²) in [7, 11) is 0. The number of amides is 1. The maximum Gasteiger partial charge on any atom is 0.328 e. The third kappa shape index (κ3) is 4.39. The Balaban J connectivity index is 2.04. The number of hydrogen-bond donors (Lipinski definition) is 2. The summed E-state index contributed by atoms with van der Waals surface area (Å²) in [4.78, 5) is 22.4. The molecule has 1 amide bonds. The Labute approximate surface area is 121 Å². The van der Waals surface area contributed by atoms with Crippen molar-refractivity contribution in [2.45, 2.75) is 6.42 Å². The number of carbonyl (C=O) groups is 2. The first-order valence-electron chi connectivity index (χ1n) is 6.63. The Morgan fingerprint density at radius 2 is 2.29 bits per heavy atom. The van der Waals surface area contributed by atoms with Crippen LogP contribution in [0.25, 0.3) is 6.08 Å². The van der Waals surface area contributed by atoms with Gasteiger partial charge in [-0.05, 0) is 30.2 Å². The zero-order chi connectivity index (χ0) is 15.2. The minimum absolute atomic E-state index is 0.0959. The highest BCUT2D eigenvalue weighted by atomic mass is 19.1. The number of carboxylic acids is 1. The SMILES string of the molecule is O=C(O)C=Cc1ccc(F)c(C(=O)NCC2CCOC2)c1. The second-order valence-corrected chi connectivity index (χ2v) is 4.85. The fourth-order valence-corrected chi connectivity index (χ4v) is 2.06. The van der Waals surface area contributed by atoms with Gasteiger partial charge in [0.05, 0.1) is 12.2 Å². The Kier molecular flexibility index (Phi) is 5.05. The van der Waals surface area contributed by atoms with Crippen LogP contribution in [0.1, 0.15) is 22.3 Å². The second-order valence-electron chi connectivity index (χ2n) is 4.85. The lowest BCUT2D eigenvalue weighted by Crippen LogP contribution is -2.30. The molecule has 1 aromatic rings. The molecule has 21 heavy (non-hydrogen) atoms. The first-order valence-corrected chi connectivity index (χ1v) is 6.63. The molecule has 1 fully saturated rings. The van der Waals surface area contributed by atoms with Crippen molar-refractivity contribution in [3.8, 4) is 0 Å². The maximum absolute atomic E-state index is 13.7. The highest BCUT2D eigenvalue weighted by Crippen LogP contribution is 2.14. The Morgan fingerprint density at radius 1 is 1.48 bits per heavy atom. The number of benzene rings is 1. The van der Waals surface area contributed by atoms with Crippen molar-refractivity contribution in [2.75, 3.05) is 19.8 Å². The minimum atomic E-state index is -1.11. The van der Waals surface area contributed by atoms with E-state index in [-0.39, 0.29) is 11.5 Å². The smallest absolute Gasteiger partial charge is 0.328 e. The van der Waals surface area contributed by atoms with Gasteiger partial charge in [-0.25, -0.2) is 9.18 Å². The molecule has 1 heterocycles. The summed E-state index contributed by atoms with van der Waals surface area (Å²) in [6.45, 7) is 1.72. The molecule has 1 saturated heterocycles. The highest BCUT2D eigenvalue weighted by molar-refractivity contribution is 5.95. The summed E-state index contributed by atoms with van der Waals surface area (Å²) in [6.07, 6.45) is 3.12. The fraction of sp³-hybridized carbons (Fsp3) is 0.333. The van der Waals surface area contributed by atoms with Crippen molar-refractivity contribution < 1.29 is 23.8 Å². The molecule has 0 bridgehead atoms. The molecule has 1 atom stereocenters. The van der Waals surface area contributed by atoms with Gasteiger partial charge < -0.3 is 15.2 Å². The van der Waals surface area contributed by atoms with Crippen LogP contribution in [-0.4, -0.2) is 36.7 Å². The van der Waals surface area contributed by atoms with Crippen LogP contribution in [-0.2, 0) is 9.53 Å². The van der Waals surface area contributed by atoms with Crippen molar-refractivity contribution in [3.63, 3.8) is 0 Å². The van der Waals surface area contributed by atoms with E-state index >= 15 is 0 Å². The molecule has 2 N–H and O–H groups in total. The molecule has 1 unspecified atom stereocenters. The number of rotatable bonds is 5. The molecule has 1 aliphatic heterocycles. The van der Waals surface area contributed by atoms with Gasteiger partial charge in [-0.15, -0.1) is 0 Å². The summed E-state index contributed by atoms with van der Waals surface area (Å²) in [5.74, 6) is -1.99. The predicted octanol–water partition coefficient (Wildman–Crippen LogP) is 1.69. The molecule has 0 aromatic heterocycles. The summed E-state index contributed by atoms with van der Waals surface area (Å²) in [6, 6.07) is 3.89. The summed E-state index contributed by atoms with van der Waals surface area (Å²) >= 11 is 0. The number of carboxylic acid groups (broad SMARTS) is 1. The van der Waals surface area contributed by atoms with Crippen LogP contribution in [0, 0.1) is 11.7 Å². The van der Waals surface area contributed by atoms with Crippen LogP contribution >= 0.6 is 0 Å². The van der Waals surface area contributed by atoms with Crippen LogP contribution in [0.4, 0.5) is 4.39 Å². The normalized spacial score (nSPS) is 18.0. The van der Waals surface area contributed by atoms with E-state index in [1.165, 1.54) is 18.2 Å². The van der Waals surface area contributed by atoms with Crippen LogP contribution in [0.3, 0.4) is 0 Å². The van der Waals surface area contributed by atoms with Gasteiger partial charge in [0.15, 0.2) is 0 Å². The summed E-state index contributed by atoms with van der Waals surface area (Å²) in [5, 5.41) is 11.2. The van der Waals surface area contributed by atoms with E-state index < -0.39 is 17.7 Å². The van der Waals surface area contributed by atoms with E-state index in [4.69, 9.17) is 9.84 Å². The third-order valence-corrected chi connectivity index (χ3v) is 3.23. The molecule has 5 nitrogen and oxygen atoms in total. The van der Waals surface area contributed by atoms with Crippen LogP contribution < -0.4 is 5.32 Å². The molecule has 1 aromatic carbocycles. The third-order valence-electron chi connectivity index (χ3n) is 3.23. The molecule has 0 saturated carbocycles. The number of hydrogen-bond acceptors (Lipinski definition) is 3. The average Bonchev–Trinajstić information content (AvgIpc) is 2.97. The number of ether oxygens (including phenoxy) is 1. The number of halogens is 1. The molecule has 0 spiro atoms. The lowest BCUT2D eigenvalue weighted by molar-refractivity contribution is -0.131. The summed E-state index contributed by atoms with van der Waals surface area (Å²) in [5.41, 5.74) is 0.356. The van der Waals surface area contributed by atoms with E-state index in [0.717, 1.165) is 18.6 Å². The Hall–Kier alpha value is -2.21. The van der Waals surface area contributed by atoms with Crippen molar-refractivity contribution in [1.82, 2.24) is 5.32 Å². The fourth-order valence-electron chi connectivity index (χ4n) is 2.06. The van der Waals surface area contributed by atoms with Gasteiger partial charge in [0.2, 0.25) is 0 Å². The monoisotopic (exact) mass is 293 g/mol. The van der Waals surface area contributed by atoms with Crippen molar-refractivity contribution in [3.05, 3.63) is 41.2 Å². The van der Waals surface area contributed by atoms with E-state index in [0.29, 0.717) is 25.3 Å². The van der Waals surface area contributed by atoms with Crippen molar-refractivity contribution in [1.29, 1.82) is 0 Å². The number of nitrogens with one attached hydrogen (secondary N) is 1. The maximum atomic E-state index is 13.7.